The van der Waals surface area contributed by atoms with Crippen LogP contribution in [0.1, 0.15) is 17.3 Å². The largest absolute Gasteiger partial charge is 0.462 e. The van der Waals surface area contributed by atoms with E-state index in [4.69, 9.17) is 4.74 Å². The minimum Gasteiger partial charge on any atom is -0.462 e. The number of nitrogens with zero attached hydrogens (tertiary/aromatic N) is 3. The molecule has 2 heterocycles. The van der Waals surface area contributed by atoms with Crippen LogP contribution in [-0.2, 0) is 16.6 Å². The Hall–Kier alpha value is -3.59. The number of amides is 1. The number of anilines is 1. The fourth-order valence-electron chi connectivity index (χ4n) is 3.23. The summed E-state index contributed by atoms with van der Waals surface area (Å²) in [5, 5.41) is 13.0. The van der Waals surface area contributed by atoms with E-state index >= 15 is 0 Å². The minimum absolute atomic E-state index is 0.122. The van der Waals surface area contributed by atoms with Gasteiger partial charge < -0.3 is 19.6 Å². The first-order valence-corrected chi connectivity index (χ1v) is 10.7. The molecule has 0 saturated heterocycles. The summed E-state index contributed by atoms with van der Waals surface area (Å²) in [6.45, 7) is 2.00. The average Bonchev–Trinajstić information content (AvgIpc) is 3.36. The van der Waals surface area contributed by atoms with Crippen molar-refractivity contribution in [1.82, 2.24) is 19.7 Å². The number of rotatable bonds is 7. The van der Waals surface area contributed by atoms with Crippen molar-refractivity contribution in [3.05, 3.63) is 60.3 Å². The number of fused-ring (bicyclic) bond motifs is 1. The smallest absolute Gasteiger partial charge is 0.340 e. The lowest BCUT2D eigenvalue weighted by Gasteiger charge is -2.10. The lowest BCUT2D eigenvalue weighted by molar-refractivity contribution is -0.113. The molecule has 158 valence electrons. The Morgan fingerprint density at radius 3 is 2.74 bits per heavy atom. The third-order valence-corrected chi connectivity index (χ3v) is 5.71. The third kappa shape index (κ3) is 4.31. The van der Waals surface area contributed by atoms with Crippen LogP contribution < -0.4 is 5.32 Å². The first-order chi connectivity index (χ1) is 15.1. The highest BCUT2D eigenvalue weighted by Gasteiger charge is 2.17. The van der Waals surface area contributed by atoms with Crippen molar-refractivity contribution in [2.45, 2.75) is 12.1 Å². The predicted molar refractivity (Wildman–Crippen MR) is 120 cm³/mol. The molecule has 0 bridgehead atoms. The van der Waals surface area contributed by atoms with Crippen molar-refractivity contribution in [1.29, 1.82) is 0 Å². The Bertz CT molecular complexity index is 1250. The lowest BCUT2D eigenvalue weighted by atomic mass is 10.1. The molecular weight excluding hydrogens is 414 g/mol. The van der Waals surface area contributed by atoms with E-state index < -0.39 is 5.97 Å². The first-order valence-electron chi connectivity index (χ1n) is 9.73. The highest BCUT2D eigenvalue weighted by atomic mass is 32.2. The van der Waals surface area contributed by atoms with Gasteiger partial charge in [-0.15, -0.1) is 10.2 Å². The van der Waals surface area contributed by atoms with Crippen LogP contribution in [0.5, 0.6) is 0 Å². The van der Waals surface area contributed by atoms with E-state index in [-0.39, 0.29) is 18.3 Å². The molecule has 0 saturated carbocycles. The fraction of sp³-hybridized carbons (Fsp3) is 0.182. The van der Waals surface area contributed by atoms with E-state index in [1.807, 2.05) is 42.1 Å². The van der Waals surface area contributed by atoms with Gasteiger partial charge >= 0.3 is 5.97 Å². The van der Waals surface area contributed by atoms with Gasteiger partial charge in [0.2, 0.25) is 5.91 Å². The molecular formula is C22H21N5O3S. The summed E-state index contributed by atoms with van der Waals surface area (Å²) in [7, 11) is 1.87. The molecule has 0 fully saturated rings. The maximum atomic E-state index is 12.5. The molecule has 0 unspecified atom stereocenters. The van der Waals surface area contributed by atoms with Crippen LogP contribution in [0.25, 0.3) is 22.3 Å². The molecule has 0 spiro atoms. The number of esters is 1. The lowest BCUT2D eigenvalue weighted by Crippen LogP contribution is -2.17. The fourth-order valence-corrected chi connectivity index (χ4v) is 3.94. The van der Waals surface area contributed by atoms with Crippen molar-refractivity contribution in [2.24, 2.45) is 7.05 Å². The Balaban J connectivity index is 1.45. The van der Waals surface area contributed by atoms with Crippen molar-refractivity contribution >= 4 is 40.2 Å². The Labute approximate surface area is 183 Å². The van der Waals surface area contributed by atoms with Gasteiger partial charge in [-0.1, -0.05) is 42.1 Å². The second-order valence-electron chi connectivity index (χ2n) is 6.72. The van der Waals surface area contributed by atoms with Gasteiger partial charge in [0, 0.05) is 29.7 Å². The van der Waals surface area contributed by atoms with Crippen molar-refractivity contribution < 1.29 is 14.3 Å². The zero-order valence-corrected chi connectivity index (χ0v) is 17.9. The van der Waals surface area contributed by atoms with Gasteiger partial charge in [-0.25, -0.2) is 4.79 Å². The number of aromatic amines is 1. The number of aromatic nitrogens is 4. The molecule has 0 aliphatic heterocycles. The molecule has 0 aliphatic carbocycles. The average molecular weight is 436 g/mol. The summed E-state index contributed by atoms with van der Waals surface area (Å²) < 4.78 is 6.91. The second-order valence-corrected chi connectivity index (χ2v) is 7.66. The number of H-pyrrole nitrogens is 1. The van der Waals surface area contributed by atoms with Crippen molar-refractivity contribution in [3.63, 3.8) is 0 Å². The van der Waals surface area contributed by atoms with Gasteiger partial charge in [-0.3, -0.25) is 4.79 Å². The zero-order chi connectivity index (χ0) is 21.8. The normalized spacial score (nSPS) is 10.9. The molecule has 8 nitrogen and oxygen atoms in total. The molecule has 0 radical (unpaired) electrons. The highest BCUT2D eigenvalue weighted by molar-refractivity contribution is 7.99. The number of nitrogens with one attached hydrogen (secondary N) is 2. The molecule has 4 aromatic rings. The summed E-state index contributed by atoms with van der Waals surface area (Å²) in [6, 6.07) is 14.7. The Kier molecular flexibility index (Phi) is 6.03. The maximum Gasteiger partial charge on any atom is 0.340 e. The van der Waals surface area contributed by atoms with Crippen molar-refractivity contribution in [2.75, 3.05) is 17.7 Å². The minimum atomic E-state index is -0.470. The predicted octanol–water partition coefficient (Wildman–Crippen LogP) is 3.87. The summed E-state index contributed by atoms with van der Waals surface area (Å²) in [4.78, 5) is 27.8. The van der Waals surface area contributed by atoms with E-state index in [2.05, 4.69) is 20.5 Å². The van der Waals surface area contributed by atoms with Gasteiger partial charge in [0.05, 0.1) is 23.6 Å². The second kappa shape index (κ2) is 9.05. The SMILES string of the molecule is CCOC(=O)c1ccccc1NC(=O)CSc1nnc(-c2c[nH]c3ccccc23)n1C. The number of carbonyl (C=O) groups is 2. The van der Waals surface area contributed by atoms with Crippen LogP contribution in [0.4, 0.5) is 5.69 Å². The van der Waals surface area contributed by atoms with Crippen LogP contribution in [0, 0.1) is 0 Å². The number of benzene rings is 2. The number of carbonyl (C=O) groups excluding carboxylic acids is 2. The van der Waals surface area contributed by atoms with Gasteiger partial charge in [0.15, 0.2) is 11.0 Å². The third-order valence-electron chi connectivity index (χ3n) is 4.69. The molecule has 2 aromatic carbocycles. The number of para-hydroxylation sites is 2. The number of thioether (sulfide) groups is 1. The van der Waals surface area contributed by atoms with Gasteiger partial charge in [-0.2, -0.15) is 0 Å². The Morgan fingerprint density at radius 1 is 1.13 bits per heavy atom. The quantitative estimate of drug-likeness (QED) is 0.338. The van der Waals surface area contributed by atoms with Gasteiger partial charge in [-0.05, 0) is 25.1 Å². The maximum absolute atomic E-state index is 12.5. The number of ether oxygens (including phenoxy) is 1. The molecule has 1 amide bonds. The molecule has 2 N–H and O–H groups in total. The standard InChI is InChI=1S/C22H21N5O3S/c1-3-30-21(29)15-9-5-7-11-18(15)24-19(28)13-31-22-26-25-20(27(22)2)16-12-23-17-10-6-4-8-14(16)17/h4-12,23H,3,13H2,1-2H3,(H,24,28). The molecule has 0 atom stereocenters. The highest BCUT2D eigenvalue weighted by Crippen LogP contribution is 2.29. The van der Waals surface area contributed by atoms with Crippen LogP contribution in [0.3, 0.4) is 0 Å². The number of hydrogen-bond donors (Lipinski definition) is 2. The van der Waals surface area contributed by atoms with Crippen LogP contribution >= 0.6 is 11.8 Å². The number of hydrogen-bond acceptors (Lipinski definition) is 6. The molecule has 2 aromatic heterocycles. The summed E-state index contributed by atoms with van der Waals surface area (Å²) >= 11 is 1.27. The van der Waals surface area contributed by atoms with E-state index in [0.29, 0.717) is 22.2 Å². The van der Waals surface area contributed by atoms with Crippen LogP contribution in [-0.4, -0.2) is 44.0 Å². The summed E-state index contributed by atoms with van der Waals surface area (Å²) in [5.74, 6) is 0.117. The van der Waals surface area contributed by atoms with Gasteiger partial charge in [0.1, 0.15) is 0 Å². The monoisotopic (exact) mass is 435 g/mol. The van der Waals surface area contributed by atoms with E-state index in [9.17, 15) is 9.59 Å². The summed E-state index contributed by atoms with van der Waals surface area (Å²) in [5.41, 5.74) is 2.71. The zero-order valence-electron chi connectivity index (χ0n) is 17.1. The first kappa shape index (κ1) is 20.7. The summed E-state index contributed by atoms with van der Waals surface area (Å²) in [6.07, 6.45) is 1.90. The molecule has 4 rings (SSSR count). The van der Waals surface area contributed by atoms with E-state index in [1.54, 1.807) is 31.2 Å². The van der Waals surface area contributed by atoms with Crippen LogP contribution in [0.2, 0.25) is 0 Å². The topological polar surface area (TPSA) is 102 Å². The van der Waals surface area contributed by atoms with Gasteiger partial charge in [0.25, 0.3) is 0 Å². The molecule has 0 aliphatic rings. The van der Waals surface area contributed by atoms with Crippen molar-refractivity contribution in [3.8, 4) is 11.4 Å². The molecule has 31 heavy (non-hydrogen) atoms. The molecule has 9 heteroatoms. The van der Waals surface area contributed by atoms with E-state index in [1.165, 1.54) is 11.8 Å². The van der Waals surface area contributed by atoms with E-state index in [0.717, 1.165) is 16.5 Å². The van der Waals surface area contributed by atoms with Crippen LogP contribution in [0.15, 0.2) is 59.9 Å². The Morgan fingerprint density at radius 2 is 1.90 bits per heavy atom.